The van der Waals surface area contributed by atoms with Gasteiger partial charge in [-0.05, 0) is 34.1 Å². The van der Waals surface area contributed by atoms with Gasteiger partial charge in [0.05, 0.1) is 12.1 Å². The minimum atomic E-state index is 0.549. The van der Waals surface area contributed by atoms with Crippen molar-refractivity contribution in [2.75, 3.05) is 7.11 Å². The van der Waals surface area contributed by atoms with Gasteiger partial charge in [-0.2, -0.15) is 0 Å². The minimum Gasteiger partial charge on any atom is -0.495 e. The number of halogens is 2. The van der Waals surface area contributed by atoms with E-state index in [4.69, 9.17) is 20.8 Å². The molecule has 0 aliphatic rings. The number of hydrogen-bond acceptors (Lipinski definition) is 3. The molecule has 0 N–H and O–H groups in total. The van der Waals surface area contributed by atoms with Crippen molar-refractivity contribution in [1.29, 1.82) is 0 Å². The van der Waals surface area contributed by atoms with E-state index < -0.39 is 0 Å². The highest BCUT2D eigenvalue weighted by Gasteiger charge is 2.12. The van der Waals surface area contributed by atoms with Crippen molar-refractivity contribution in [3.63, 3.8) is 0 Å². The Balaban J connectivity index is 2.49. The highest BCUT2D eigenvalue weighted by molar-refractivity contribution is 9.10. The number of aromatic nitrogens is 1. The first-order chi connectivity index (χ1) is 7.61. The zero-order valence-electron chi connectivity index (χ0n) is 8.75. The maximum Gasteiger partial charge on any atom is 0.197 e. The fourth-order valence-corrected chi connectivity index (χ4v) is 2.20. The van der Waals surface area contributed by atoms with Gasteiger partial charge in [-0.3, -0.25) is 0 Å². The van der Waals surface area contributed by atoms with Crippen LogP contribution in [0, 0.1) is 6.92 Å². The number of benzene rings is 1. The topological polar surface area (TPSA) is 35.3 Å². The molecule has 0 fully saturated rings. The Bertz CT molecular complexity index is 525. The van der Waals surface area contributed by atoms with Crippen LogP contribution in [0.1, 0.15) is 5.89 Å². The fraction of sp³-hybridized carbons (Fsp3) is 0.182. The van der Waals surface area contributed by atoms with Crippen molar-refractivity contribution in [3.05, 3.63) is 33.8 Å². The van der Waals surface area contributed by atoms with E-state index in [0.29, 0.717) is 21.3 Å². The summed E-state index contributed by atoms with van der Waals surface area (Å²) in [5, 5.41) is 0.549. The maximum absolute atomic E-state index is 6.04. The van der Waals surface area contributed by atoms with Crippen molar-refractivity contribution in [1.82, 2.24) is 4.98 Å². The van der Waals surface area contributed by atoms with E-state index in [1.165, 1.54) is 0 Å². The summed E-state index contributed by atoms with van der Waals surface area (Å²) in [4.78, 5) is 4.26. The number of aryl methyl sites for hydroxylation is 1. The van der Waals surface area contributed by atoms with Crippen molar-refractivity contribution in [2.24, 2.45) is 0 Å². The SMILES string of the molecule is COc1ccc(-c2nc(C)oc2Br)cc1Cl. The summed E-state index contributed by atoms with van der Waals surface area (Å²) in [6.45, 7) is 1.79. The first-order valence-electron chi connectivity index (χ1n) is 4.58. The summed E-state index contributed by atoms with van der Waals surface area (Å²) in [5.74, 6) is 1.25. The molecule has 0 amide bonds. The molecule has 84 valence electrons. The van der Waals surface area contributed by atoms with Crippen molar-refractivity contribution >= 4 is 27.5 Å². The molecule has 0 saturated heterocycles. The number of methoxy groups -OCH3 is 1. The Morgan fingerprint density at radius 1 is 1.44 bits per heavy atom. The van der Waals surface area contributed by atoms with E-state index in [9.17, 15) is 0 Å². The second-order valence-corrected chi connectivity index (χ2v) is 4.33. The molecule has 0 radical (unpaired) electrons. The van der Waals surface area contributed by atoms with Gasteiger partial charge >= 0.3 is 0 Å². The molecule has 16 heavy (non-hydrogen) atoms. The normalized spacial score (nSPS) is 10.5. The number of rotatable bonds is 2. The number of hydrogen-bond donors (Lipinski definition) is 0. The highest BCUT2D eigenvalue weighted by Crippen LogP contribution is 2.33. The smallest absolute Gasteiger partial charge is 0.197 e. The zero-order valence-corrected chi connectivity index (χ0v) is 11.1. The first kappa shape index (κ1) is 11.5. The lowest BCUT2D eigenvalue weighted by atomic mass is 10.1. The quantitative estimate of drug-likeness (QED) is 0.838. The minimum absolute atomic E-state index is 0.549. The molecule has 0 bridgehead atoms. The van der Waals surface area contributed by atoms with Crippen LogP contribution in [-0.2, 0) is 0 Å². The van der Waals surface area contributed by atoms with Crippen LogP contribution in [0.2, 0.25) is 5.02 Å². The van der Waals surface area contributed by atoms with Gasteiger partial charge in [0.1, 0.15) is 11.4 Å². The Morgan fingerprint density at radius 2 is 2.19 bits per heavy atom. The predicted octanol–water partition coefficient (Wildman–Crippen LogP) is 4.07. The monoisotopic (exact) mass is 301 g/mol. The van der Waals surface area contributed by atoms with Crippen molar-refractivity contribution < 1.29 is 9.15 Å². The Labute approximate surface area is 107 Å². The molecular weight excluding hydrogens is 293 g/mol. The van der Waals surface area contributed by atoms with Crippen LogP contribution in [0.15, 0.2) is 27.3 Å². The molecule has 0 atom stereocenters. The fourth-order valence-electron chi connectivity index (χ4n) is 1.39. The van der Waals surface area contributed by atoms with Gasteiger partial charge in [0.15, 0.2) is 10.6 Å². The predicted molar refractivity (Wildman–Crippen MR) is 65.9 cm³/mol. The standard InChI is InChI=1S/C11H9BrClNO2/c1-6-14-10(11(12)16-6)7-3-4-9(15-2)8(13)5-7/h3-5H,1-2H3. The summed E-state index contributed by atoms with van der Waals surface area (Å²) in [5.41, 5.74) is 1.62. The van der Waals surface area contributed by atoms with Crippen LogP contribution < -0.4 is 4.74 Å². The molecule has 2 rings (SSSR count). The third kappa shape index (κ3) is 2.08. The summed E-state index contributed by atoms with van der Waals surface area (Å²) >= 11 is 9.35. The average molecular weight is 303 g/mol. The van der Waals surface area contributed by atoms with E-state index >= 15 is 0 Å². The number of ether oxygens (including phenoxy) is 1. The van der Waals surface area contributed by atoms with Crippen LogP contribution in [-0.4, -0.2) is 12.1 Å². The Morgan fingerprint density at radius 3 is 2.69 bits per heavy atom. The van der Waals surface area contributed by atoms with Crippen LogP contribution in [0.5, 0.6) is 5.75 Å². The van der Waals surface area contributed by atoms with Crippen LogP contribution in [0.25, 0.3) is 11.3 Å². The van der Waals surface area contributed by atoms with Crippen LogP contribution in [0.3, 0.4) is 0 Å². The summed E-state index contributed by atoms with van der Waals surface area (Å²) < 4.78 is 11.0. The van der Waals surface area contributed by atoms with Crippen LogP contribution in [0.4, 0.5) is 0 Å². The van der Waals surface area contributed by atoms with E-state index in [1.54, 1.807) is 26.2 Å². The molecule has 1 aromatic carbocycles. The van der Waals surface area contributed by atoms with Gasteiger partial charge in [-0.25, -0.2) is 4.98 Å². The zero-order chi connectivity index (χ0) is 11.7. The van der Waals surface area contributed by atoms with Gasteiger partial charge in [-0.15, -0.1) is 0 Å². The van der Waals surface area contributed by atoms with Gasteiger partial charge in [0, 0.05) is 12.5 Å². The van der Waals surface area contributed by atoms with Crippen molar-refractivity contribution in [3.8, 4) is 17.0 Å². The second kappa shape index (κ2) is 4.47. The largest absolute Gasteiger partial charge is 0.495 e. The molecule has 0 aliphatic heterocycles. The number of nitrogens with zero attached hydrogens (tertiary/aromatic N) is 1. The molecule has 2 aromatic rings. The molecular formula is C11H9BrClNO2. The lowest BCUT2D eigenvalue weighted by Crippen LogP contribution is -1.85. The molecule has 0 aliphatic carbocycles. The van der Waals surface area contributed by atoms with Gasteiger partial charge in [0.2, 0.25) is 0 Å². The Hall–Kier alpha value is -1.00. The van der Waals surface area contributed by atoms with Gasteiger partial charge < -0.3 is 9.15 Å². The van der Waals surface area contributed by atoms with Crippen LogP contribution >= 0.6 is 27.5 Å². The summed E-state index contributed by atoms with van der Waals surface area (Å²) in [6.07, 6.45) is 0. The van der Waals surface area contributed by atoms with Gasteiger partial charge in [-0.1, -0.05) is 11.6 Å². The second-order valence-electron chi connectivity index (χ2n) is 3.20. The van der Waals surface area contributed by atoms with Crippen molar-refractivity contribution in [2.45, 2.75) is 6.92 Å². The van der Waals surface area contributed by atoms with Gasteiger partial charge in [0.25, 0.3) is 0 Å². The van der Waals surface area contributed by atoms with E-state index in [-0.39, 0.29) is 0 Å². The Kier molecular flexibility index (Phi) is 3.21. The molecule has 0 spiro atoms. The maximum atomic E-state index is 6.04. The van der Waals surface area contributed by atoms with E-state index in [0.717, 1.165) is 11.3 Å². The molecule has 3 nitrogen and oxygen atoms in total. The average Bonchev–Trinajstić information content (AvgIpc) is 2.58. The third-order valence-electron chi connectivity index (χ3n) is 2.12. The molecule has 1 heterocycles. The molecule has 1 aromatic heterocycles. The lowest BCUT2D eigenvalue weighted by molar-refractivity contribution is 0.415. The molecule has 5 heteroatoms. The summed E-state index contributed by atoms with van der Waals surface area (Å²) in [7, 11) is 1.58. The lowest BCUT2D eigenvalue weighted by Gasteiger charge is -2.04. The highest BCUT2D eigenvalue weighted by atomic mass is 79.9. The third-order valence-corrected chi connectivity index (χ3v) is 2.95. The van der Waals surface area contributed by atoms with E-state index in [2.05, 4.69) is 20.9 Å². The first-order valence-corrected chi connectivity index (χ1v) is 5.75. The molecule has 0 unspecified atom stereocenters. The number of oxazole rings is 1. The van der Waals surface area contributed by atoms with E-state index in [1.807, 2.05) is 6.07 Å². The summed E-state index contributed by atoms with van der Waals surface area (Å²) in [6, 6.07) is 5.48. The molecule has 0 saturated carbocycles.